The quantitative estimate of drug-likeness (QED) is 0.547. The second-order valence-corrected chi connectivity index (χ2v) is 9.81. The molecule has 0 bridgehead atoms. The molecule has 0 radical (unpaired) electrons. The molecule has 0 saturated carbocycles. The summed E-state index contributed by atoms with van der Waals surface area (Å²) in [5.41, 5.74) is 3.49. The summed E-state index contributed by atoms with van der Waals surface area (Å²) in [6.07, 6.45) is 0. The fourth-order valence-corrected chi connectivity index (χ4v) is 5.23. The van der Waals surface area contributed by atoms with Gasteiger partial charge in [-0.25, -0.2) is 0 Å². The van der Waals surface area contributed by atoms with Crippen molar-refractivity contribution in [3.8, 4) is 11.1 Å². The number of hydrogen-bond acceptors (Lipinski definition) is 4. The molecule has 2 amide bonds. The van der Waals surface area contributed by atoms with E-state index in [2.05, 4.69) is 0 Å². The van der Waals surface area contributed by atoms with Gasteiger partial charge in [0.05, 0.1) is 0 Å². The zero-order valence-corrected chi connectivity index (χ0v) is 19.6. The smallest absolute Gasteiger partial charge is 0.253 e. The predicted octanol–water partition coefficient (Wildman–Crippen LogP) is 4.82. The summed E-state index contributed by atoms with van der Waals surface area (Å²) >= 11 is 7.14. The highest BCUT2D eigenvalue weighted by atomic mass is 35.5. The van der Waals surface area contributed by atoms with Crippen LogP contribution >= 0.6 is 23.5 Å². The van der Waals surface area contributed by atoms with Crippen molar-refractivity contribution in [2.75, 3.05) is 26.2 Å². The number of rotatable bonds is 4. The standard InChI is InChI=1S/C26H24ClN3O2S/c27-23-9-5-18(6-10-23)17-1-3-19(4-2-17)25(31)29-13-21-15-30(16-22(21)14-29)26(32)20-7-11-24(33-28)12-8-20/h1-12,21-22H,13-16,28H2. The summed E-state index contributed by atoms with van der Waals surface area (Å²) in [6.45, 7) is 2.76. The van der Waals surface area contributed by atoms with E-state index in [4.69, 9.17) is 16.7 Å². The van der Waals surface area contributed by atoms with Crippen LogP contribution in [0.15, 0.2) is 77.7 Å². The maximum atomic E-state index is 13.1. The number of halogens is 1. The first kappa shape index (κ1) is 22.0. The minimum Gasteiger partial charge on any atom is -0.338 e. The van der Waals surface area contributed by atoms with Crippen molar-refractivity contribution < 1.29 is 9.59 Å². The molecule has 3 aromatic carbocycles. The van der Waals surface area contributed by atoms with E-state index in [1.165, 1.54) is 11.9 Å². The maximum Gasteiger partial charge on any atom is 0.253 e. The van der Waals surface area contributed by atoms with Crippen LogP contribution in [0.2, 0.25) is 5.02 Å². The average Bonchev–Trinajstić information content (AvgIpc) is 3.43. The topological polar surface area (TPSA) is 66.6 Å². The number of carbonyl (C=O) groups is 2. The minimum absolute atomic E-state index is 0.0497. The lowest BCUT2D eigenvalue weighted by Crippen LogP contribution is -2.35. The Labute approximate surface area is 202 Å². The van der Waals surface area contributed by atoms with Crippen LogP contribution in [0.1, 0.15) is 20.7 Å². The zero-order chi connectivity index (χ0) is 22.9. The van der Waals surface area contributed by atoms with Crippen LogP contribution in [0.5, 0.6) is 0 Å². The highest BCUT2D eigenvalue weighted by Gasteiger charge is 2.43. The molecule has 2 aliphatic heterocycles. The third-order valence-electron chi connectivity index (χ3n) is 6.61. The molecule has 2 N–H and O–H groups in total. The van der Waals surface area contributed by atoms with Gasteiger partial charge >= 0.3 is 0 Å². The highest BCUT2D eigenvalue weighted by molar-refractivity contribution is 7.97. The Kier molecular flexibility index (Phi) is 6.15. The van der Waals surface area contributed by atoms with Crippen LogP contribution in [0.4, 0.5) is 0 Å². The van der Waals surface area contributed by atoms with E-state index in [0.29, 0.717) is 54.2 Å². The van der Waals surface area contributed by atoms with Gasteiger partial charge in [0.15, 0.2) is 0 Å². The van der Waals surface area contributed by atoms with Crippen LogP contribution in [0.3, 0.4) is 0 Å². The molecule has 7 heteroatoms. The lowest BCUT2D eigenvalue weighted by Gasteiger charge is -2.22. The molecule has 5 nitrogen and oxygen atoms in total. The maximum absolute atomic E-state index is 13.1. The Morgan fingerprint density at radius 2 is 1.09 bits per heavy atom. The Bertz CT molecular complexity index is 1150. The number of nitrogens with zero attached hydrogens (tertiary/aromatic N) is 2. The van der Waals surface area contributed by atoms with Gasteiger partial charge in [0, 0.05) is 59.1 Å². The molecule has 33 heavy (non-hydrogen) atoms. The van der Waals surface area contributed by atoms with E-state index in [-0.39, 0.29) is 11.8 Å². The van der Waals surface area contributed by atoms with Crippen molar-refractivity contribution in [1.29, 1.82) is 0 Å². The van der Waals surface area contributed by atoms with Crippen LogP contribution < -0.4 is 5.14 Å². The molecule has 3 aromatic rings. The molecule has 2 saturated heterocycles. The lowest BCUT2D eigenvalue weighted by atomic mass is 10.0. The SMILES string of the molecule is NSc1ccc(C(=O)N2CC3CN(C(=O)c4ccc(-c5ccc(Cl)cc5)cc4)CC3C2)cc1. The molecule has 2 heterocycles. The van der Waals surface area contributed by atoms with Crippen LogP contribution in [-0.4, -0.2) is 47.8 Å². The van der Waals surface area contributed by atoms with Gasteiger partial charge in [-0.3, -0.25) is 14.7 Å². The molecule has 2 aliphatic rings. The van der Waals surface area contributed by atoms with E-state index < -0.39 is 0 Å². The molecule has 0 spiro atoms. The van der Waals surface area contributed by atoms with Gasteiger partial charge in [0.1, 0.15) is 0 Å². The number of likely N-dealkylation sites (tertiary alicyclic amines) is 2. The Balaban J connectivity index is 1.20. The summed E-state index contributed by atoms with van der Waals surface area (Å²) in [5.74, 6) is 0.753. The largest absolute Gasteiger partial charge is 0.338 e. The molecular weight excluding hydrogens is 454 g/mol. The van der Waals surface area contributed by atoms with Gasteiger partial charge in [0.25, 0.3) is 11.8 Å². The number of amides is 2. The minimum atomic E-state index is 0.0497. The van der Waals surface area contributed by atoms with E-state index in [9.17, 15) is 9.59 Å². The fraction of sp³-hybridized carbons (Fsp3) is 0.231. The summed E-state index contributed by atoms with van der Waals surface area (Å²) in [7, 11) is 0. The van der Waals surface area contributed by atoms with E-state index in [1.807, 2.05) is 82.6 Å². The van der Waals surface area contributed by atoms with Crippen LogP contribution in [0, 0.1) is 11.8 Å². The highest BCUT2D eigenvalue weighted by Crippen LogP contribution is 2.33. The van der Waals surface area contributed by atoms with Crippen molar-refractivity contribution in [2.24, 2.45) is 17.0 Å². The van der Waals surface area contributed by atoms with Gasteiger partial charge in [-0.2, -0.15) is 0 Å². The van der Waals surface area contributed by atoms with Crippen molar-refractivity contribution in [3.05, 3.63) is 88.9 Å². The molecule has 168 valence electrons. The molecule has 2 unspecified atom stereocenters. The first-order chi connectivity index (χ1) is 16.0. The molecule has 5 rings (SSSR count). The molecular formula is C26H24ClN3O2S. The summed E-state index contributed by atoms with van der Waals surface area (Å²) < 4.78 is 0. The van der Waals surface area contributed by atoms with Gasteiger partial charge in [0.2, 0.25) is 0 Å². The van der Waals surface area contributed by atoms with Crippen molar-refractivity contribution >= 4 is 35.4 Å². The summed E-state index contributed by atoms with van der Waals surface area (Å²) in [6, 6.07) is 22.8. The summed E-state index contributed by atoms with van der Waals surface area (Å²) in [4.78, 5) is 30.7. The Hall–Kier alpha value is -2.80. The zero-order valence-electron chi connectivity index (χ0n) is 18.0. The molecule has 0 aromatic heterocycles. The van der Waals surface area contributed by atoms with Gasteiger partial charge < -0.3 is 9.80 Å². The summed E-state index contributed by atoms with van der Waals surface area (Å²) in [5, 5.41) is 6.27. The molecule has 2 atom stereocenters. The van der Waals surface area contributed by atoms with E-state index in [0.717, 1.165) is 16.0 Å². The first-order valence-electron chi connectivity index (χ1n) is 10.9. The predicted molar refractivity (Wildman–Crippen MR) is 132 cm³/mol. The number of benzene rings is 3. The monoisotopic (exact) mass is 477 g/mol. The number of carbonyl (C=O) groups excluding carboxylic acids is 2. The van der Waals surface area contributed by atoms with Gasteiger partial charge in [-0.15, -0.1) is 0 Å². The van der Waals surface area contributed by atoms with Crippen LogP contribution in [0.25, 0.3) is 11.1 Å². The second-order valence-electron chi connectivity index (χ2n) is 8.67. The average molecular weight is 478 g/mol. The Morgan fingerprint density at radius 1 is 0.697 bits per heavy atom. The third-order valence-corrected chi connectivity index (χ3v) is 7.40. The van der Waals surface area contributed by atoms with E-state index >= 15 is 0 Å². The lowest BCUT2D eigenvalue weighted by molar-refractivity contribution is 0.0738. The fourth-order valence-electron chi connectivity index (χ4n) is 4.81. The van der Waals surface area contributed by atoms with Crippen molar-refractivity contribution in [3.63, 3.8) is 0 Å². The normalized spacial score (nSPS) is 19.6. The van der Waals surface area contributed by atoms with E-state index in [1.54, 1.807) is 0 Å². The molecule has 0 aliphatic carbocycles. The van der Waals surface area contributed by atoms with Crippen molar-refractivity contribution in [2.45, 2.75) is 4.90 Å². The second kappa shape index (κ2) is 9.21. The third kappa shape index (κ3) is 4.51. The van der Waals surface area contributed by atoms with Crippen LogP contribution in [-0.2, 0) is 0 Å². The Morgan fingerprint density at radius 3 is 1.52 bits per heavy atom. The first-order valence-corrected chi connectivity index (χ1v) is 12.2. The number of fused-ring (bicyclic) bond motifs is 1. The number of hydrogen-bond donors (Lipinski definition) is 1. The van der Waals surface area contributed by atoms with Gasteiger partial charge in [-0.1, -0.05) is 35.9 Å². The number of nitrogens with two attached hydrogens (primary N) is 1. The van der Waals surface area contributed by atoms with Crippen molar-refractivity contribution in [1.82, 2.24) is 9.80 Å². The van der Waals surface area contributed by atoms with Gasteiger partial charge in [-0.05, 0) is 71.6 Å². The molecule has 2 fully saturated rings.